The molecule has 0 spiro atoms. The van der Waals surface area contributed by atoms with Gasteiger partial charge in [0.1, 0.15) is 0 Å². The number of benzene rings is 1. The molecule has 6 nitrogen and oxygen atoms in total. The minimum Gasteiger partial charge on any atom is -0.398 e. The fourth-order valence-corrected chi connectivity index (χ4v) is 1.76. The molecule has 0 bridgehead atoms. The van der Waals surface area contributed by atoms with Crippen molar-refractivity contribution < 1.29 is 14.6 Å². The standard InChI is InChI=1S/C13H21N3O3/c1-19-7-5-16(4-6-17)9-11-3-2-10(13(15)18)8-12(11)14/h2-3,8,17H,4-7,9,14H2,1H3,(H2,15,18). The van der Waals surface area contributed by atoms with Crippen LogP contribution in [0.25, 0.3) is 0 Å². The molecule has 0 radical (unpaired) electrons. The molecule has 0 fully saturated rings. The number of carbonyl (C=O) groups is 1. The van der Waals surface area contributed by atoms with Gasteiger partial charge in [-0.3, -0.25) is 9.69 Å². The average molecular weight is 267 g/mol. The first-order chi connectivity index (χ1) is 9.08. The molecule has 1 amide bonds. The highest BCUT2D eigenvalue weighted by Crippen LogP contribution is 2.16. The van der Waals surface area contributed by atoms with Crippen LogP contribution in [-0.4, -0.2) is 49.3 Å². The van der Waals surface area contributed by atoms with E-state index in [0.717, 1.165) is 5.56 Å². The van der Waals surface area contributed by atoms with Gasteiger partial charge in [0.05, 0.1) is 13.2 Å². The normalized spacial score (nSPS) is 10.9. The molecule has 0 unspecified atom stereocenters. The van der Waals surface area contributed by atoms with E-state index >= 15 is 0 Å². The Labute approximate surface area is 112 Å². The summed E-state index contributed by atoms with van der Waals surface area (Å²) in [5.41, 5.74) is 12.9. The number of anilines is 1. The Hall–Kier alpha value is -1.63. The van der Waals surface area contributed by atoms with Gasteiger partial charge >= 0.3 is 0 Å². The molecule has 19 heavy (non-hydrogen) atoms. The molecule has 1 aromatic rings. The molecule has 1 aromatic carbocycles. The first-order valence-electron chi connectivity index (χ1n) is 6.08. The average Bonchev–Trinajstić information content (AvgIpc) is 2.38. The van der Waals surface area contributed by atoms with Crippen molar-refractivity contribution in [2.24, 2.45) is 5.73 Å². The van der Waals surface area contributed by atoms with Crippen LogP contribution in [0.15, 0.2) is 18.2 Å². The third kappa shape index (κ3) is 4.86. The third-order valence-corrected chi connectivity index (χ3v) is 2.85. The van der Waals surface area contributed by atoms with Crippen molar-refractivity contribution in [1.82, 2.24) is 4.90 Å². The van der Waals surface area contributed by atoms with E-state index in [1.807, 2.05) is 4.90 Å². The summed E-state index contributed by atoms with van der Waals surface area (Å²) in [7, 11) is 1.63. The van der Waals surface area contributed by atoms with Gasteiger partial charge in [-0.1, -0.05) is 6.07 Å². The number of nitrogens with two attached hydrogens (primary N) is 2. The van der Waals surface area contributed by atoms with Gasteiger partial charge in [-0.05, 0) is 17.7 Å². The van der Waals surface area contributed by atoms with E-state index in [1.165, 1.54) is 0 Å². The number of amides is 1. The van der Waals surface area contributed by atoms with E-state index in [9.17, 15) is 4.79 Å². The number of nitrogen functional groups attached to an aromatic ring is 1. The maximum absolute atomic E-state index is 11.0. The number of carbonyl (C=O) groups excluding carboxylic acids is 1. The van der Waals surface area contributed by atoms with Gasteiger partial charge in [0.25, 0.3) is 0 Å². The fraction of sp³-hybridized carbons (Fsp3) is 0.462. The van der Waals surface area contributed by atoms with Gasteiger partial charge in [-0.2, -0.15) is 0 Å². The van der Waals surface area contributed by atoms with Gasteiger partial charge in [0.15, 0.2) is 0 Å². The lowest BCUT2D eigenvalue weighted by Gasteiger charge is -2.21. The monoisotopic (exact) mass is 267 g/mol. The van der Waals surface area contributed by atoms with Crippen LogP contribution in [0.3, 0.4) is 0 Å². The summed E-state index contributed by atoms with van der Waals surface area (Å²) < 4.78 is 5.02. The van der Waals surface area contributed by atoms with Crippen LogP contribution in [0.1, 0.15) is 15.9 Å². The minimum atomic E-state index is -0.496. The Morgan fingerprint density at radius 2 is 2.16 bits per heavy atom. The lowest BCUT2D eigenvalue weighted by atomic mass is 10.1. The van der Waals surface area contributed by atoms with Crippen LogP contribution in [0.2, 0.25) is 0 Å². The number of hydrogen-bond acceptors (Lipinski definition) is 5. The molecule has 0 aliphatic carbocycles. The maximum Gasteiger partial charge on any atom is 0.248 e. The van der Waals surface area contributed by atoms with E-state index < -0.39 is 5.91 Å². The summed E-state index contributed by atoms with van der Waals surface area (Å²) in [6.07, 6.45) is 0. The molecule has 5 N–H and O–H groups in total. The van der Waals surface area contributed by atoms with Crippen LogP contribution in [0.5, 0.6) is 0 Å². The fourth-order valence-electron chi connectivity index (χ4n) is 1.76. The molecule has 0 aliphatic heterocycles. The maximum atomic E-state index is 11.0. The summed E-state index contributed by atoms with van der Waals surface area (Å²) >= 11 is 0. The van der Waals surface area contributed by atoms with Crippen molar-refractivity contribution in [3.05, 3.63) is 29.3 Å². The second kappa shape index (κ2) is 7.73. The number of hydrogen-bond donors (Lipinski definition) is 3. The zero-order chi connectivity index (χ0) is 14.3. The second-order valence-electron chi connectivity index (χ2n) is 4.27. The molecule has 0 heterocycles. The van der Waals surface area contributed by atoms with Crippen molar-refractivity contribution in [1.29, 1.82) is 0 Å². The number of methoxy groups -OCH3 is 1. The molecule has 0 aliphatic rings. The number of aliphatic hydroxyl groups excluding tert-OH is 1. The summed E-state index contributed by atoms with van der Waals surface area (Å²) in [6, 6.07) is 5.01. The number of aliphatic hydroxyl groups is 1. The zero-order valence-electron chi connectivity index (χ0n) is 11.1. The van der Waals surface area contributed by atoms with Gasteiger partial charge in [0, 0.05) is 38.0 Å². The van der Waals surface area contributed by atoms with Crippen LogP contribution in [-0.2, 0) is 11.3 Å². The van der Waals surface area contributed by atoms with Crippen molar-refractivity contribution in [2.45, 2.75) is 6.54 Å². The lowest BCUT2D eigenvalue weighted by Crippen LogP contribution is -2.30. The van der Waals surface area contributed by atoms with E-state index in [-0.39, 0.29) is 6.61 Å². The van der Waals surface area contributed by atoms with Crippen molar-refractivity contribution in [2.75, 3.05) is 39.1 Å². The molecule has 0 aromatic heterocycles. The molecule has 0 saturated carbocycles. The molecule has 0 atom stereocenters. The topological polar surface area (TPSA) is 102 Å². The largest absolute Gasteiger partial charge is 0.398 e. The van der Waals surface area contributed by atoms with Gasteiger partial charge in [-0.25, -0.2) is 0 Å². The highest BCUT2D eigenvalue weighted by atomic mass is 16.5. The van der Waals surface area contributed by atoms with Crippen LogP contribution >= 0.6 is 0 Å². The van der Waals surface area contributed by atoms with Crippen LogP contribution in [0, 0.1) is 0 Å². The summed E-state index contributed by atoms with van der Waals surface area (Å²) in [5, 5.41) is 9.03. The lowest BCUT2D eigenvalue weighted by molar-refractivity contribution is 0.100. The molecule has 0 saturated heterocycles. The molecule has 1 rings (SSSR count). The predicted octanol–water partition coefficient (Wildman–Crippen LogP) is -0.192. The molecule has 106 valence electrons. The first kappa shape index (κ1) is 15.4. The van der Waals surface area contributed by atoms with Crippen molar-refractivity contribution in [3.63, 3.8) is 0 Å². The summed E-state index contributed by atoms with van der Waals surface area (Å²) in [5.74, 6) is -0.496. The van der Waals surface area contributed by atoms with Gasteiger partial charge in [0.2, 0.25) is 5.91 Å². The highest BCUT2D eigenvalue weighted by molar-refractivity contribution is 5.93. The Morgan fingerprint density at radius 1 is 1.42 bits per heavy atom. The van der Waals surface area contributed by atoms with Crippen molar-refractivity contribution >= 4 is 11.6 Å². The highest BCUT2D eigenvalue weighted by Gasteiger charge is 2.09. The van der Waals surface area contributed by atoms with E-state index in [2.05, 4.69) is 0 Å². The number of nitrogens with zero attached hydrogens (tertiary/aromatic N) is 1. The van der Waals surface area contributed by atoms with Crippen molar-refractivity contribution in [3.8, 4) is 0 Å². The molecule has 6 heteroatoms. The van der Waals surface area contributed by atoms with E-state index in [0.29, 0.717) is 37.5 Å². The predicted molar refractivity (Wildman–Crippen MR) is 73.6 cm³/mol. The van der Waals surface area contributed by atoms with Crippen LogP contribution in [0.4, 0.5) is 5.69 Å². The Morgan fingerprint density at radius 3 is 2.68 bits per heavy atom. The van der Waals surface area contributed by atoms with Crippen LogP contribution < -0.4 is 11.5 Å². The molecular formula is C13H21N3O3. The Bertz CT molecular complexity index is 424. The number of primary amides is 1. The van der Waals surface area contributed by atoms with E-state index in [1.54, 1.807) is 25.3 Å². The Kier molecular flexibility index (Phi) is 6.27. The first-order valence-corrected chi connectivity index (χ1v) is 6.08. The summed E-state index contributed by atoms with van der Waals surface area (Å²) in [6.45, 7) is 2.49. The second-order valence-corrected chi connectivity index (χ2v) is 4.27. The number of ether oxygens (including phenoxy) is 1. The minimum absolute atomic E-state index is 0.0724. The SMILES string of the molecule is COCCN(CCO)Cc1ccc(C(N)=O)cc1N. The van der Waals surface area contributed by atoms with Gasteiger partial charge in [-0.15, -0.1) is 0 Å². The van der Waals surface area contributed by atoms with E-state index in [4.69, 9.17) is 21.3 Å². The van der Waals surface area contributed by atoms with Gasteiger partial charge < -0.3 is 21.3 Å². The quantitative estimate of drug-likeness (QED) is 0.567. The number of rotatable bonds is 8. The summed E-state index contributed by atoms with van der Waals surface area (Å²) in [4.78, 5) is 13.1. The Balaban J connectivity index is 2.75. The third-order valence-electron chi connectivity index (χ3n) is 2.85. The zero-order valence-corrected chi connectivity index (χ0v) is 11.1. The molecular weight excluding hydrogens is 246 g/mol. The smallest absolute Gasteiger partial charge is 0.248 e.